The molecule has 0 amide bonds. The highest BCUT2D eigenvalue weighted by Crippen LogP contribution is 2.19. The molecule has 6 nitrogen and oxygen atoms in total. The second-order valence-corrected chi connectivity index (χ2v) is 7.04. The van der Waals surface area contributed by atoms with Gasteiger partial charge in [-0.2, -0.15) is 0 Å². The molecule has 0 saturated carbocycles. The lowest BCUT2D eigenvalue weighted by atomic mass is 10.1. The van der Waals surface area contributed by atoms with Gasteiger partial charge in [0.05, 0.1) is 19.8 Å². The number of aliphatic imine (C=N–C) groups is 1. The van der Waals surface area contributed by atoms with Crippen molar-refractivity contribution in [2.75, 3.05) is 44.8 Å². The average molecular weight is 383 g/mol. The summed E-state index contributed by atoms with van der Waals surface area (Å²) < 4.78 is 11.4. The normalized spacial score (nSPS) is 15.4. The van der Waals surface area contributed by atoms with Gasteiger partial charge in [0.25, 0.3) is 0 Å². The third-order valence-electron chi connectivity index (χ3n) is 4.94. The van der Waals surface area contributed by atoms with Crippen LogP contribution in [-0.2, 0) is 11.3 Å². The number of nitrogens with zero attached hydrogens (tertiary/aromatic N) is 2. The van der Waals surface area contributed by atoms with Gasteiger partial charge in [0, 0.05) is 30.9 Å². The quantitative estimate of drug-likeness (QED) is 0.569. The zero-order valence-electron chi connectivity index (χ0n) is 16.8. The van der Waals surface area contributed by atoms with Crippen molar-refractivity contribution in [1.29, 1.82) is 0 Å². The molecule has 0 bridgehead atoms. The molecule has 1 aliphatic heterocycles. The van der Waals surface area contributed by atoms with E-state index in [0.29, 0.717) is 19.1 Å². The molecule has 3 rings (SSSR count). The molecule has 1 fully saturated rings. The summed E-state index contributed by atoms with van der Waals surface area (Å²) in [5.41, 5.74) is 10.5. The van der Waals surface area contributed by atoms with E-state index < -0.39 is 0 Å². The first-order valence-corrected chi connectivity index (χ1v) is 9.77. The van der Waals surface area contributed by atoms with Crippen LogP contribution in [0.4, 0.5) is 5.69 Å². The van der Waals surface area contributed by atoms with Gasteiger partial charge in [0.2, 0.25) is 0 Å². The van der Waals surface area contributed by atoms with E-state index >= 15 is 0 Å². The number of rotatable bonds is 7. The largest absolute Gasteiger partial charge is 0.492 e. The van der Waals surface area contributed by atoms with Gasteiger partial charge < -0.3 is 20.5 Å². The van der Waals surface area contributed by atoms with E-state index in [2.05, 4.69) is 41.2 Å². The average Bonchev–Trinajstić information content (AvgIpc) is 2.71. The maximum Gasteiger partial charge on any atom is 0.193 e. The maximum absolute atomic E-state index is 6.07. The number of morpholine rings is 1. The van der Waals surface area contributed by atoms with Crippen LogP contribution in [0.3, 0.4) is 0 Å². The van der Waals surface area contributed by atoms with Crippen molar-refractivity contribution in [3.05, 3.63) is 59.2 Å². The van der Waals surface area contributed by atoms with Gasteiger partial charge in [-0.1, -0.05) is 24.3 Å². The molecule has 0 unspecified atom stereocenters. The number of benzene rings is 2. The van der Waals surface area contributed by atoms with Crippen molar-refractivity contribution < 1.29 is 9.47 Å². The Bertz CT molecular complexity index is 801. The number of aryl methyl sites for hydroxylation is 2. The van der Waals surface area contributed by atoms with E-state index in [1.807, 2.05) is 30.3 Å². The molecular formula is C22H30N4O2. The summed E-state index contributed by atoms with van der Waals surface area (Å²) in [6, 6.07) is 14.1. The Labute approximate surface area is 167 Å². The number of hydrogen-bond acceptors (Lipinski definition) is 4. The fourth-order valence-corrected chi connectivity index (χ4v) is 3.06. The van der Waals surface area contributed by atoms with Gasteiger partial charge in [-0.3, -0.25) is 4.90 Å². The molecule has 150 valence electrons. The number of anilines is 1. The number of para-hydroxylation sites is 1. The van der Waals surface area contributed by atoms with E-state index in [1.54, 1.807) is 0 Å². The van der Waals surface area contributed by atoms with Crippen molar-refractivity contribution in [1.82, 2.24) is 4.90 Å². The highest BCUT2D eigenvalue weighted by molar-refractivity contribution is 5.92. The molecule has 0 aliphatic carbocycles. The SMILES string of the molecule is Cc1ccc(NC(N)=NCc2ccccc2OCCN2CCOCC2)cc1C. The smallest absolute Gasteiger partial charge is 0.193 e. The van der Waals surface area contributed by atoms with Crippen LogP contribution in [0.1, 0.15) is 16.7 Å². The first-order valence-electron chi connectivity index (χ1n) is 9.77. The van der Waals surface area contributed by atoms with E-state index in [1.165, 1.54) is 11.1 Å². The Morgan fingerprint density at radius 2 is 1.93 bits per heavy atom. The Morgan fingerprint density at radius 1 is 1.14 bits per heavy atom. The van der Waals surface area contributed by atoms with E-state index in [-0.39, 0.29) is 0 Å². The molecule has 28 heavy (non-hydrogen) atoms. The molecular weight excluding hydrogens is 352 g/mol. The van der Waals surface area contributed by atoms with Crippen LogP contribution in [0.2, 0.25) is 0 Å². The summed E-state index contributed by atoms with van der Waals surface area (Å²) in [6.45, 7) is 9.74. The topological polar surface area (TPSA) is 72.1 Å². The summed E-state index contributed by atoms with van der Waals surface area (Å²) in [5.74, 6) is 1.25. The maximum atomic E-state index is 6.07. The molecule has 3 N–H and O–H groups in total. The van der Waals surface area contributed by atoms with Crippen molar-refractivity contribution in [3.8, 4) is 5.75 Å². The first kappa shape index (κ1) is 20.2. The highest BCUT2D eigenvalue weighted by atomic mass is 16.5. The highest BCUT2D eigenvalue weighted by Gasteiger charge is 2.10. The predicted octanol–water partition coefficient (Wildman–Crippen LogP) is 2.94. The lowest BCUT2D eigenvalue weighted by molar-refractivity contribution is 0.0322. The molecule has 2 aromatic carbocycles. The van der Waals surface area contributed by atoms with Crippen molar-refractivity contribution in [2.45, 2.75) is 20.4 Å². The van der Waals surface area contributed by atoms with Crippen LogP contribution in [0.25, 0.3) is 0 Å². The van der Waals surface area contributed by atoms with E-state index in [0.717, 1.165) is 49.8 Å². The number of nitrogens with two attached hydrogens (primary N) is 1. The van der Waals surface area contributed by atoms with Crippen LogP contribution >= 0.6 is 0 Å². The van der Waals surface area contributed by atoms with Crippen LogP contribution in [0.5, 0.6) is 5.75 Å². The summed E-state index contributed by atoms with van der Waals surface area (Å²) in [5, 5.41) is 3.15. The van der Waals surface area contributed by atoms with Crippen LogP contribution in [-0.4, -0.2) is 50.3 Å². The lowest BCUT2D eigenvalue weighted by Gasteiger charge is -2.26. The lowest BCUT2D eigenvalue weighted by Crippen LogP contribution is -2.38. The van der Waals surface area contributed by atoms with E-state index in [9.17, 15) is 0 Å². The molecule has 2 aromatic rings. The molecule has 0 radical (unpaired) electrons. The van der Waals surface area contributed by atoms with Gasteiger partial charge in [-0.25, -0.2) is 4.99 Å². The molecule has 1 aliphatic rings. The summed E-state index contributed by atoms with van der Waals surface area (Å²) in [6.07, 6.45) is 0. The fraction of sp³-hybridized carbons (Fsp3) is 0.409. The second-order valence-electron chi connectivity index (χ2n) is 7.04. The predicted molar refractivity (Wildman–Crippen MR) is 114 cm³/mol. The molecule has 1 heterocycles. The van der Waals surface area contributed by atoms with Crippen LogP contribution in [0.15, 0.2) is 47.5 Å². The number of ether oxygens (including phenoxy) is 2. The number of guanidine groups is 1. The minimum absolute atomic E-state index is 0.395. The first-order chi connectivity index (χ1) is 13.6. The van der Waals surface area contributed by atoms with E-state index in [4.69, 9.17) is 15.2 Å². The molecule has 0 atom stereocenters. The fourth-order valence-electron chi connectivity index (χ4n) is 3.06. The van der Waals surface area contributed by atoms with Crippen molar-refractivity contribution >= 4 is 11.6 Å². The second kappa shape index (κ2) is 10.1. The molecule has 0 spiro atoms. The molecule has 0 aromatic heterocycles. The third kappa shape index (κ3) is 5.97. The summed E-state index contributed by atoms with van der Waals surface area (Å²) in [7, 11) is 0. The summed E-state index contributed by atoms with van der Waals surface area (Å²) in [4.78, 5) is 6.83. The number of hydrogen-bond donors (Lipinski definition) is 2. The van der Waals surface area contributed by atoms with Gasteiger partial charge in [-0.05, 0) is 43.2 Å². The van der Waals surface area contributed by atoms with Gasteiger partial charge in [0.15, 0.2) is 5.96 Å². The monoisotopic (exact) mass is 382 g/mol. The van der Waals surface area contributed by atoms with Crippen molar-refractivity contribution in [3.63, 3.8) is 0 Å². The Kier molecular flexibility index (Phi) is 7.28. The minimum Gasteiger partial charge on any atom is -0.492 e. The van der Waals surface area contributed by atoms with Gasteiger partial charge >= 0.3 is 0 Å². The standard InChI is InChI=1S/C22H30N4O2/c1-17-7-8-20(15-18(17)2)25-22(23)24-16-19-5-3-4-6-21(19)28-14-11-26-9-12-27-13-10-26/h3-8,15H,9-14,16H2,1-2H3,(H3,23,24,25). The zero-order chi connectivity index (χ0) is 19.8. The number of nitrogens with one attached hydrogen (secondary N) is 1. The van der Waals surface area contributed by atoms with Gasteiger partial charge in [-0.15, -0.1) is 0 Å². The molecule has 6 heteroatoms. The van der Waals surface area contributed by atoms with Crippen LogP contribution < -0.4 is 15.8 Å². The Hall–Kier alpha value is -2.57. The van der Waals surface area contributed by atoms with Crippen molar-refractivity contribution in [2.24, 2.45) is 10.7 Å². The Morgan fingerprint density at radius 3 is 2.71 bits per heavy atom. The van der Waals surface area contributed by atoms with Gasteiger partial charge in [0.1, 0.15) is 12.4 Å². The van der Waals surface area contributed by atoms with Crippen LogP contribution in [0, 0.1) is 13.8 Å². The third-order valence-corrected chi connectivity index (χ3v) is 4.94. The Balaban J connectivity index is 1.54. The molecule has 1 saturated heterocycles. The minimum atomic E-state index is 0.395. The zero-order valence-corrected chi connectivity index (χ0v) is 16.8. The summed E-state index contributed by atoms with van der Waals surface area (Å²) >= 11 is 0.